The molecule has 0 fully saturated rings. The highest BCUT2D eigenvalue weighted by Gasteiger charge is 2.20. The lowest BCUT2D eigenvalue weighted by atomic mass is 10.0. The van der Waals surface area contributed by atoms with E-state index in [0.29, 0.717) is 19.3 Å². The van der Waals surface area contributed by atoms with Crippen LogP contribution >= 0.6 is 0 Å². The predicted octanol–water partition coefficient (Wildman–Crippen LogP) is 26.2. The molecule has 0 aliphatic heterocycles. The topological polar surface area (TPSA) is 78.9 Å². The van der Waals surface area contributed by atoms with Gasteiger partial charge in [-0.25, -0.2) is 0 Å². The molecule has 488 valence electrons. The van der Waals surface area contributed by atoms with Crippen LogP contribution in [0.1, 0.15) is 451 Å². The van der Waals surface area contributed by atoms with Crippen LogP contribution in [0.5, 0.6) is 0 Å². The second-order valence-corrected chi connectivity index (χ2v) is 26.3. The van der Waals surface area contributed by atoms with Crippen molar-refractivity contribution >= 4 is 17.9 Å². The number of ether oxygens (including phenoxy) is 3. The van der Waals surface area contributed by atoms with E-state index in [1.54, 1.807) is 0 Å². The van der Waals surface area contributed by atoms with Crippen LogP contribution in [0.2, 0.25) is 0 Å². The third-order valence-corrected chi connectivity index (χ3v) is 17.9. The van der Waals surface area contributed by atoms with Crippen LogP contribution in [0.25, 0.3) is 0 Å². The van der Waals surface area contributed by atoms with E-state index >= 15 is 0 Å². The standard InChI is InChI=1S/C76H148O6/c1-4-7-10-13-16-19-22-25-28-30-31-32-33-34-35-36-37-38-39-40-41-42-43-44-45-46-47-49-51-54-57-60-63-66-69-75(78)81-72-73(71-80-74(77)68-65-62-59-56-53-50-27-24-21-18-15-12-9-6-3)82-76(79)70-67-64-61-58-55-52-48-29-26-23-20-17-14-11-8-5-2/h73H,4-72H2,1-3H3. The van der Waals surface area contributed by atoms with E-state index in [-0.39, 0.29) is 31.1 Å². The minimum absolute atomic E-state index is 0.0602. The normalized spacial score (nSPS) is 11.9. The summed E-state index contributed by atoms with van der Waals surface area (Å²) >= 11 is 0. The van der Waals surface area contributed by atoms with E-state index in [0.717, 1.165) is 57.8 Å². The fraction of sp³-hybridized carbons (Fsp3) is 0.961. The third-order valence-electron chi connectivity index (χ3n) is 17.9. The first-order valence-electron chi connectivity index (χ1n) is 38.0. The molecule has 0 aromatic rings. The summed E-state index contributed by atoms with van der Waals surface area (Å²) in [5.41, 5.74) is 0. The zero-order chi connectivity index (χ0) is 59.2. The first-order valence-corrected chi connectivity index (χ1v) is 38.0. The van der Waals surface area contributed by atoms with Gasteiger partial charge >= 0.3 is 17.9 Å². The summed E-state index contributed by atoms with van der Waals surface area (Å²) in [5, 5.41) is 0. The van der Waals surface area contributed by atoms with Crippen LogP contribution in [-0.2, 0) is 28.6 Å². The lowest BCUT2D eigenvalue weighted by molar-refractivity contribution is -0.167. The van der Waals surface area contributed by atoms with E-state index < -0.39 is 6.10 Å². The molecule has 0 spiro atoms. The Balaban J connectivity index is 4.04. The molecule has 0 rings (SSSR count). The minimum Gasteiger partial charge on any atom is -0.462 e. The van der Waals surface area contributed by atoms with Crippen LogP contribution < -0.4 is 0 Å². The van der Waals surface area contributed by atoms with Crippen LogP contribution in [-0.4, -0.2) is 37.2 Å². The van der Waals surface area contributed by atoms with Gasteiger partial charge in [0, 0.05) is 19.3 Å². The van der Waals surface area contributed by atoms with E-state index in [4.69, 9.17) is 14.2 Å². The Morgan fingerprint density at radius 3 is 0.488 bits per heavy atom. The molecule has 0 aliphatic carbocycles. The molecular formula is C76H148O6. The van der Waals surface area contributed by atoms with Crippen LogP contribution in [0.3, 0.4) is 0 Å². The second-order valence-electron chi connectivity index (χ2n) is 26.3. The number of carbonyl (C=O) groups excluding carboxylic acids is 3. The van der Waals surface area contributed by atoms with Crippen LogP contribution in [0.15, 0.2) is 0 Å². The number of hydrogen-bond donors (Lipinski definition) is 0. The molecule has 0 heterocycles. The summed E-state index contributed by atoms with van der Waals surface area (Å²) in [5.74, 6) is -0.819. The Hall–Kier alpha value is -1.59. The number of esters is 3. The summed E-state index contributed by atoms with van der Waals surface area (Å²) in [7, 11) is 0. The van der Waals surface area contributed by atoms with Crippen LogP contribution in [0, 0.1) is 0 Å². The van der Waals surface area contributed by atoms with E-state index in [1.807, 2.05) is 0 Å². The number of carbonyl (C=O) groups is 3. The fourth-order valence-electron chi connectivity index (χ4n) is 12.2. The number of rotatable bonds is 72. The third kappa shape index (κ3) is 69.2. The summed E-state index contributed by atoms with van der Waals surface area (Å²) in [6.07, 6.45) is 86.0. The Morgan fingerprint density at radius 1 is 0.195 bits per heavy atom. The van der Waals surface area contributed by atoms with Crippen molar-refractivity contribution in [3.05, 3.63) is 0 Å². The molecule has 0 amide bonds. The lowest BCUT2D eigenvalue weighted by Gasteiger charge is -2.18. The molecule has 0 N–H and O–H groups in total. The number of hydrogen-bond acceptors (Lipinski definition) is 6. The molecule has 6 heteroatoms. The predicted molar refractivity (Wildman–Crippen MR) is 358 cm³/mol. The van der Waals surface area contributed by atoms with Crippen LogP contribution in [0.4, 0.5) is 0 Å². The van der Waals surface area contributed by atoms with Gasteiger partial charge in [-0.2, -0.15) is 0 Å². The molecule has 82 heavy (non-hydrogen) atoms. The van der Waals surface area contributed by atoms with Gasteiger partial charge in [-0.15, -0.1) is 0 Å². The van der Waals surface area contributed by atoms with Gasteiger partial charge in [-0.05, 0) is 19.3 Å². The Bertz CT molecular complexity index is 1240. The molecule has 0 radical (unpaired) electrons. The van der Waals surface area contributed by atoms with Crippen molar-refractivity contribution < 1.29 is 28.6 Å². The van der Waals surface area contributed by atoms with Gasteiger partial charge in [0.15, 0.2) is 6.10 Å². The molecule has 6 nitrogen and oxygen atoms in total. The van der Waals surface area contributed by atoms with Crippen molar-refractivity contribution in [3.63, 3.8) is 0 Å². The highest BCUT2D eigenvalue weighted by Crippen LogP contribution is 2.20. The molecule has 1 atom stereocenters. The molecule has 0 saturated heterocycles. The van der Waals surface area contributed by atoms with Crippen molar-refractivity contribution in [2.75, 3.05) is 13.2 Å². The van der Waals surface area contributed by atoms with Crippen molar-refractivity contribution in [1.82, 2.24) is 0 Å². The van der Waals surface area contributed by atoms with Crippen molar-refractivity contribution in [3.8, 4) is 0 Å². The Kier molecular flexibility index (Phi) is 70.5. The highest BCUT2D eigenvalue weighted by molar-refractivity contribution is 5.71. The summed E-state index contributed by atoms with van der Waals surface area (Å²) in [4.78, 5) is 38.4. The Morgan fingerprint density at radius 2 is 0.329 bits per heavy atom. The monoisotopic (exact) mass is 1160 g/mol. The van der Waals surface area contributed by atoms with Gasteiger partial charge in [0.05, 0.1) is 0 Å². The van der Waals surface area contributed by atoms with Gasteiger partial charge < -0.3 is 14.2 Å². The minimum atomic E-state index is -0.763. The van der Waals surface area contributed by atoms with Crippen molar-refractivity contribution in [1.29, 1.82) is 0 Å². The summed E-state index contributed by atoms with van der Waals surface area (Å²) in [6.45, 7) is 6.74. The van der Waals surface area contributed by atoms with Crippen molar-refractivity contribution in [2.45, 2.75) is 457 Å². The maximum absolute atomic E-state index is 12.9. The summed E-state index contributed by atoms with van der Waals surface area (Å²) < 4.78 is 17.0. The number of unbranched alkanes of at least 4 members (excludes halogenated alkanes) is 61. The maximum atomic E-state index is 12.9. The molecule has 0 bridgehead atoms. The van der Waals surface area contributed by atoms with Crippen molar-refractivity contribution in [2.24, 2.45) is 0 Å². The Labute approximate surface area is 514 Å². The summed E-state index contributed by atoms with van der Waals surface area (Å²) in [6, 6.07) is 0. The fourth-order valence-corrected chi connectivity index (χ4v) is 12.2. The zero-order valence-electron chi connectivity index (χ0n) is 56.3. The average Bonchev–Trinajstić information content (AvgIpc) is 3.47. The first kappa shape index (κ1) is 80.4. The molecule has 0 aromatic carbocycles. The lowest BCUT2D eigenvalue weighted by Crippen LogP contribution is -2.30. The smallest absolute Gasteiger partial charge is 0.306 e. The van der Waals surface area contributed by atoms with E-state index in [9.17, 15) is 14.4 Å². The molecule has 0 aromatic heterocycles. The largest absolute Gasteiger partial charge is 0.462 e. The SMILES string of the molecule is CCCCCCCCCCCCCCCCCCCCCCCCCCCCCCCCCCCCC(=O)OCC(COC(=O)CCCCCCCCCCCCCCCC)OC(=O)CCCCCCCCCCCCCCCCCC. The van der Waals surface area contributed by atoms with Gasteiger partial charge in [0.2, 0.25) is 0 Å². The average molecular weight is 1160 g/mol. The molecule has 0 saturated carbocycles. The molecular weight excluding hydrogens is 1010 g/mol. The second kappa shape index (κ2) is 71.9. The van der Waals surface area contributed by atoms with Gasteiger partial charge in [0.1, 0.15) is 13.2 Å². The van der Waals surface area contributed by atoms with E-state index in [1.165, 1.54) is 353 Å². The van der Waals surface area contributed by atoms with Gasteiger partial charge in [-0.1, -0.05) is 412 Å². The highest BCUT2D eigenvalue weighted by atomic mass is 16.6. The first-order chi connectivity index (χ1) is 40.5. The van der Waals surface area contributed by atoms with E-state index in [2.05, 4.69) is 20.8 Å². The zero-order valence-corrected chi connectivity index (χ0v) is 56.3. The molecule has 0 aliphatic rings. The van der Waals surface area contributed by atoms with Gasteiger partial charge in [0.25, 0.3) is 0 Å². The maximum Gasteiger partial charge on any atom is 0.306 e. The van der Waals surface area contributed by atoms with Gasteiger partial charge in [-0.3, -0.25) is 14.4 Å². The quantitative estimate of drug-likeness (QED) is 0.0343. The molecule has 1 unspecified atom stereocenters.